The van der Waals surface area contributed by atoms with Crippen molar-refractivity contribution in [2.45, 2.75) is 44.8 Å². The van der Waals surface area contributed by atoms with Crippen LogP contribution in [-0.4, -0.2) is 54.7 Å². The van der Waals surface area contributed by atoms with Gasteiger partial charge in [0.25, 0.3) is 5.91 Å². The van der Waals surface area contributed by atoms with Crippen LogP contribution in [0.2, 0.25) is 0 Å². The normalized spacial score (nSPS) is 21.9. The molecule has 196 valence electrons. The number of carbonyl (C=O) groups excluding carboxylic acids is 3. The molecule has 2 aromatic rings. The van der Waals surface area contributed by atoms with E-state index in [4.69, 9.17) is 4.74 Å². The number of halogens is 3. The Bertz CT molecular complexity index is 1200. The third-order valence-corrected chi connectivity index (χ3v) is 7.00. The van der Waals surface area contributed by atoms with Crippen LogP contribution in [0.5, 0.6) is 5.75 Å². The molecule has 0 radical (unpaired) electrons. The maximum absolute atomic E-state index is 13.0. The van der Waals surface area contributed by atoms with E-state index in [1.165, 1.54) is 4.90 Å². The minimum atomic E-state index is -4.66. The lowest BCUT2D eigenvalue weighted by Gasteiger charge is -2.29. The number of nitrogens with one attached hydrogen (secondary N) is 1. The first-order valence-electron chi connectivity index (χ1n) is 12.1. The molecule has 1 unspecified atom stereocenters. The number of rotatable bonds is 7. The van der Waals surface area contributed by atoms with Crippen LogP contribution < -0.4 is 15.0 Å². The van der Waals surface area contributed by atoms with Gasteiger partial charge < -0.3 is 14.5 Å². The Hall–Kier alpha value is -3.60. The van der Waals surface area contributed by atoms with E-state index in [0.29, 0.717) is 29.9 Å². The summed E-state index contributed by atoms with van der Waals surface area (Å²) in [5, 5.41) is 2.30. The zero-order valence-electron chi connectivity index (χ0n) is 19.9. The Morgan fingerprint density at radius 1 is 1.03 bits per heavy atom. The van der Waals surface area contributed by atoms with Crippen molar-refractivity contribution in [3.8, 4) is 5.75 Å². The number of hydrogen-bond acceptors (Lipinski definition) is 6. The fourth-order valence-corrected chi connectivity index (χ4v) is 5.07. The lowest BCUT2D eigenvalue weighted by atomic mass is 10.0. The van der Waals surface area contributed by atoms with E-state index in [-0.39, 0.29) is 30.7 Å². The van der Waals surface area contributed by atoms with Gasteiger partial charge in [-0.3, -0.25) is 24.4 Å². The Balaban J connectivity index is 1.17. The molecule has 5 rings (SSSR count). The first-order chi connectivity index (χ1) is 17.7. The summed E-state index contributed by atoms with van der Waals surface area (Å²) in [5.41, 5.74) is 2.61. The van der Waals surface area contributed by atoms with Gasteiger partial charge in [-0.2, -0.15) is 0 Å². The molecule has 37 heavy (non-hydrogen) atoms. The second kappa shape index (κ2) is 10.0. The third kappa shape index (κ3) is 5.56. The molecule has 3 amide bonds. The molecule has 0 aliphatic carbocycles. The van der Waals surface area contributed by atoms with Gasteiger partial charge in [0.2, 0.25) is 11.8 Å². The Kier molecular flexibility index (Phi) is 6.80. The Labute approximate surface area is 211 Å². The summed E-state index contributed by atoms with van der Waals surface area (Å²) >= 11 is 0. The van der Waals surface area contributed by atoms with Gasteiger partial charge in [0.05, 0.1) is 19.8 Å². The second-order valence-electron chi connectivity index (χ2n) is 9.49. The number of benzene rings is 2. The van der Waals surface area contributed by atoms with E-state index in [2.05, 4.69) is 15.0 Å². The maximum atomic E-state index is 13.0. The monoisotopic (exact) mass is 517 g/mol. The molecule has 0 aromatic heterocycles. The van der Waals surface area contributed by atoms with Crippen LogP contribution in [0.25, 0.3) is 0 Å². The van der Waals surface area contributed by atoms with Gasteiger partial charge >= 0.3 is 6.36 Å². The molecule has 2 aromatic carbocycles. The highest BCUT2D eigenvalue weighted by atomic mass is 19.4. The van der Waals surface area contributed by atoms with Crippen LogP contribution in [-0.2, 0) is 27.5 Å². The van der Waals surface area contributed by atoms with Crippen LogP contribution in [0, 0.1) is 5.92 Å². The second-order valence-corrected chi connectivity index (χ2v) is 9.49. The predicted molar refractivity (Wildman–Crippen MR) is 126 cm³/mol. The number of ether oxygens (including phenoxy) is 2. The van der Waals surface area contributed by atoms with E-state index in [1.54, 1.807) is 36.4 Å². The molecule has 0 saturated carbocycles. The highest BCUT2D eigenvalue weighted by Crippen LogP contribution is 2.34. The van der Waals surface area contributed by atoms with Gasteiger partial charge in [0, 0.05) is 42.2 Å². The van der Waals surface area contributed by atoms with Gasteiger partial charge in [-0.05, 0) is 42.7 Å². The van der Waals surface area contributed by atoms with Crippen molar-refractivity contribution in [1.82, 2.24) is 10.2 Å². The van der Waals surface area contributed by atoms with Crippen molar-refractivity contribution in [3.05, 3.63) is 59.2 Å². The largest absolute Gasteiger partial charge is 0.522 e. The van der Waals surface area contributed by atoms with Gasteiger partial charge in [-0.25, -0.2) is 0 Å². The molecule has 11 heteroatoms. The van der Waals surface area contributed by atoms with Gasteiger partial charge in [-0.1, -0.05) is 18.2 Å². The van der Waals surface area contributed by atoms with Gasteiger partial charge in [-0.15, -0.1) is 13.2 Å². The standard InChI is InChI=1S/C26H26F3N3O5/c27-26(28,29)37-15-16-4-6-18(7-5-16)31-11-10-17(12-31)14-36-22-3-1-2-19-20(22)13-32(25(19)35)21-8-9-23(33)30-24(21)34/h1-7,17,21H,8-15H2,(H,30,33,34)/t17-,21?/m0/s1. The summed E-state index contributed by atoms with van der Waals surface area (Å²) in [4.78, 5) is 40.4. The number of alkyl halides is 3. The first kappa shape index (κ1) is 25.1. The topological polar surface area (TPSA) is 88.2 Å². The van der Waals surface area contributed by atoms with E-state index in [9.17, 15) is 27.6 Å². The predicted octanol–water partition coefficient (Wildman–Crippen LogP) is 3.39. The SMILES string of the molecule is O=C1CCC(N2Cc3c(OC[C@H]4CCN(c5ccc(COC(F)(F)F)cc5)C4)cccc3C2=O)C(=O)N1. The average Bonchev–Trinajstić information content (AvgIpc) is 3.47. The fraction of sp³-hybridized carbons (Fsp3) is 0.423. The fourth-order valence-electron chi connectivity index (χ4n) is 5.07. The number of nitrogens with zero attached hydrogens (tertiary/aromatic N) is 2. The van der Waals surface area contributed by atoms with E-state index >= 15 is 0 Å². The molecule has 1 N–H and O–H groups in total. The zero-order valence-corrected chi connectivity index (χ0v) is 19.9. The first-order valence-corrected chi connectivity index (χ1v) is 12.1. The number of anilines is 1. The Morgan fingerprint density at radius 3 is 2.54 bits per heavy atom. The third-order valence-electron chi connectivity index (χ3n) is 7.00. The van der Waals surface area contributed by atoms with Crippen molar-refractivity contribution >= 4 is 23.4 Å². The molecule has 3 aliphatic rings. The minimum absolute atomic E-state index is 0.197. The van der Waals surface area contributed by atoms with Gasteiger partial charge in [0.15, 0.2) is 0 Å². The molecular formula is C26H26F3N3O5. The number of carbonyl (C=O) groups is 3. The van der Waals surface area contributed by atoms with Crippen LogP contribution in [0.15, 0.2) is 42.5 Å². The highest BCUT2D eigenvalue weighted by Gasteiger charge is 2.40. The molecule has 0 bridgehead atoms. The Morgan fingerprint density at radius 2 is 1.81 bits per heavy atom. The quantitative estimate of drug-likeness (QED) is 0.567. The number of piperidine rings is 1. The van der Waals surface area contributed by atoms with Crippen molar-refractivity contribution in [2.24, 2.45) is 5.92 Å². The molecular weight excluding hydrogens is 491 g/mol. The number of hydrogen-bond donors (Lipinski definition) is 1. The van der Waals surface area contributed by atoms with Crippen LogP contribution in [0.3, 0.4) is 0 Å². The van der Waals surface area contributed by atoms with E-state index in [1.807, 2.05) is 6.07 Å². The highest BCUT2D eigenvalue weighted by molar-refractivity contribution is 6.05. The molecule has 3 heterocycles. The summed E-state index contributed by atoms with van der Waals surface area (Å²) in [6.07, 6.45) is -3.28. The van der Waals surface area contributed by atoms with Crippen molar-refractivity contribution in [3.63, 3.8) is 0 Å². The summed E-state index contributed by atoms with van der Waals surface area (Å²) < 4.78 is 46.7. The zero-order chi connectivity index (χ0) is 26.2. The summed E-state index contributed by atoms with van der Waals surface area (Å²) in [7, 11) is 0. The summed E-state index contributed by atoms with van der Waals surface area (Å²) in [6.45, 7) is 1.69. The van der Waals surface area contributed by atoms with Crippen molar-refractivity contribution in [1.29, 1.82) is 0 Å². The smallest absolute Gasteiger partial charge is 0.493 e. The number of imide groups is 1. The van der Waals surface area contributed by atoms with E-state index < -0.39 is 24.9 Å². The summed E-state index contributed by atoms with van der Waals surface area (Å²) in [6, 6.07) is 11.4. The molecule has 3 aliphatic heterocycles. The number of amides is 3. The minimum Gasteiger partial charge on any atom is -0.493 e. The maximum Gasteiger partial charge on any atom is 0.522 e. The van der Waals surface area contributed by atoms with Crippen molar-refractivity contribution < 1.29 is 37.0 Å². The molecule has 8 nitrogen and oxygen atoms in total. The van der Waals surface area contributed by atoms with Crippen LogP contribution in [0.4, 0.5) is 18.9 Å². The van der Waals surface area contributed by atoms with Crippen molar-refractivity contribution in [2.75, 3.05) is 24.6 Å². The average molecular weight is 518 g/mol. The van der Waals surface area contributed by atoms with Crippen LogP contribution >= 0.6 is 0 Å². The summed E-state index contributed by atoms with van der Waals surface area (Å²) in [5.74, 6) is -0.190. The van der Waals surface area contributed by atoms with E-state index in [0.717, 1.165) is 30.8 Å². The lowest BCUT2D eigenvalue weighted by Crippen LogP contribution is -2.52. The molecule has 2 atom stereocenters. The lowest BCUT2D eigenvalue weighted by molar-refractivity contribution is -0.330. The molecule has 0 spiro atoms. The van der Waals surface area contributed by atoms with Crippen LogP contribution in [0.1, 0.15) is 40.7 Å². The van der Waals surface area contributed by atoms with Gasteiger partial charge in [0.1, 0.15) is 11.8 Å². The number of fused-ring (bicyclic) bond motifs is 1. The molecule has 2 saturated heterocycles. The molecule has 2 fully saturated rings.